The van der Waals surface area contributed by atoms with Crippen LogP contribution in [0.2, 0.25) is 0 Å². The van der Waals surface area contributed by atoms with Crippen molar-refractivity contribution in [3.63, 3.8) is 0 Å². The summed E-state index contributed by atoms with van der Waals surface area (Å²) < 4.78 is 17.0. The number of carboxylic acids is 1. The smallest absolute Gasteiger partial charge is 0.410 e. The molecule has 2 aromatic rings. The molecule has 8 heteroatoms. The highest BCUT2D eigenvalue weighted by Crippen LogP contribution is 2.40. The van der Waals surface area contributed by atoms with Crippen LogP contribution in [0.3, 0.4) is 0 Å². The van der Waals surface area contributed by atoms with Gasteiger partial charge in [0.05, 0.1) is 18.6 Å². The molecule has 0 fully saturated rings. The van der Waals surface area contributed by atoms with Crippen molar-refractivity contribution < 1.29 is 33.7 Å². The minimum Gasteiger partial charge on any atom is -0.481 e. The van der Waals surface area contributed by atoms with Crippen molar-refractivity contribution in [1.29, 1.82) is 0 Å². The van der Waals surface area contributed by atoms with Crippen LogP contribution >= 0.6 is 0 Å². The molecule has 8 nitrogen and oxygen atoms in total. The van der Waals surface area contributed by atoms with Gasteiger partial charge in [0.25, 0.3) is 0 Å². The molecule has 1 atom stereocenters. The second kappa shape index (κ2) is 11.1. The number of benzene rings is 2. The van der Waals surface area contributed by atoms with E-state index in [-0.39, 0.29) is 19.6 Å². The number of ether oxygens (including phenoxy) is 3. The topological polar surface area (TPSA) is 102 Å². The van der Waals surface area contributed by atoms with E-state index in [1.807, 2.05) is 65.0 Å². The van der Waals surface area contributed by atoms with E-state index in [9.17, 15) is 19.5 Å². The monoisotopic (exact) mass is 497 g/mol. The summed E-state index contributed by atoms with van der Waals surface area (Å²) >= 11 is 0. The molecule has 0 unspecified atom stereocenters. The third kappa shape index (κ3) is 6.23. The second-order valence-corrected chi connectivity index (χ2v) is 9.93. The van der Waals surface area contributed by atoms with Gasteiger partial charge in [-0.15, -0.1) is 0 Å². The van der Waals surface area contributed by atoms with Crippen LogP contribution < -0.4 is 0 Å². The third-order valence-corrected chi connectivity index (χ3v) is 6.17. The number of aliphatic carboxylic acids is 1. The Balaban J connectivity index is 2.01. The predicted octanol–water partition coefficient (Wildman–Crippen LogP) is 5.00. The van der Waals surface area contributed by atoms with Gasteiger partial charge in [-0.1, -0.05) is 30.3 Å². The fraction of sp³-hybridized carbons (Fsp3) is 0.464. The largest absolute Gasteiger partial charge is 0.481 e. The minimum absolute atomic E-state index is 0.157. The lowest BCUT2D eigenvalue weighted by molar-refractivity contribution is -0.167. The van der Waals surface area contributed by atoms with E-state index in [4.69, 9.17) is 14.2 Å². The first-order valence-electron chi connectivity index (χ1n) is 12.1. The Bertz CT molecular complexity index is 1140. The number of hydrogen-bond acceptors (Lipinski definition) is 6. The van der Waals surface area contributed by atoms with Gasteiger partial charge in [0.1, 0.15) is 6.61 Å². The predicted molar refractivity (Wildman–Crippen MR) is 133 cm³/mol. The lowest BCUT2D eigenvalue weighted by Crippen LogP contribution is -2.31. The Kier molecular flexibility index (Phi) is 8.40. The highest BCUT2D eigenvalue weighted by atomic mass is 16.6. The molecule has 1 heterocycles. The Morgan fingerprint density at radius 2 is 1.61 bits per heavy atom. The molecule has 1 N–H and O–H groups in total. The van der Waals surface area contributed by atoms with E-state index in [0.29, 0.717) is 24.2 Å². The number of carbonyl (C=O) groups is 3. The van der Waals surface area contributed by atoms with Crippen LogP contribution in [0, 0.1) is 13.8 Å². The molecule has 0 aromatic heterocycles. The highest BCUT2D eigenvalue weighted by Gasteiger charge is 2.37. The minimum atomic E-state index is -1.10. The lowest BCUT2D eigenvalue weighted by atomic mass is 9.85. The number of carboxylic acid groups (broad SMARTS) is 1. The van der Waals surface area contributed by atoms with Crippen molar-refractivity contribution in [3.8, 4) is 0 Å². The Hall–Kier alpha value is -3.39. The van der Waals surface area contributed by atoms with Crippen molar-refractivity contribution in [2.45, 2.75) is 79.4 Å². The standard InChI is InChI=1S/C28H35NO7/c1-7-34-26(32)25(36-28(4,5)6)24-18(3)22-15-29(14-21(22)17(2)20(24)13-23(30)31)27(33)35-16-19-11-9-8-10-12-19/h8-12,25H,7,13-16H2,1-6H3,(H,30,31)/t25-/m0/s1. The molecule has 2 aromatic carbocycles. The summed E-state index contributed by atoms with van der Waals surface area (Å²) in [6, 6.07) is 9.43. The van der Waals surface area contributed by atoms with E-state index >= 15 is 0 Å². The first-order chi connectivity index (χ1) is 16.9. The number of fused-ring (bicyclic) bond motifs is 1. The fourth-order valence-electron chi connectivity index (χ4n) is 4.56. The van der Waals surface area contributed by atoms with Crippen LogP contribution in [0.1, 0.15) is 72.7 Å². The van der Waals surface area contributed by atoms with Crippen LogP contribution in [0.4, 0.5) is 4.79 Å². The van der Waals surface area contributed by atoms with Gasteiger partial charge in [0, 0.05) is 13.1 Å². The van der Waals surface area contributed by atoms with Crippen molar-refractivity contribution in [1.82, 2.24) is 4.90 Å². The number of rotatable bonds is 8. The van der Waals surface area contributed by atoms with Crippen LogP contribution in [-0.2, 0) is 49.9 Å². The van der Waals surface area contributed by atoms with Gasteiger partial charge in [-0.3, -0.25) is 9.69 Å². The fourth-order valence-corrected chi connectivity index (χ4v) is 4.56. The van der Waals surface area contributed by atoms with Crippen molar-refractivity contribution in [2.75, 3.05) is 6.61 Å². The van der Waals surface area contributed by atoms with E-state index in [2.05, 4.69) is 0 Å². The maximum atomic E-state index is 13.0. The lowest BCUT2D eigenvalue weighted by Gasteiger charge is -2.30. The molecule has 3 rings (SSSR count). The normalized spacial score (nSPS) is 13.8. The number of amides is 1. The molecule has 0 spiro atoms. The van der Waals surface area contributed by atoms with Crippen molar-refractivity contribution in [3.05, 3.63) is 69.3 Å². The molecular weight excluding hydrogens is 462 g/mol. The number of hydrogen-bond donors (Lipinski definition) is 1. The maximum absolute atomic E-state index is 13.0. The average Bonchev–Trinajstić information content (AvgIpc) is 3.26. The first-order valence-corrected chi connectivity index (χ1v) is 12.1. The number of carbonyl (C=O) groups excluding carboxylic acids is 2. The molecular formula is C28H35NO7. The summed E-state index contributed by atoms with van der Waals surface area (Å²) in [5.41, 5.74) is 4.43. The summed E-state index contributed by atoms with van der Waals surface area (Å²) in [5.74, 6) is -1.59. The molecule has 1 aliphatic heterocycles. The molecule has 0 bridgehead atoms. The van der Waals surface area contributed by atoms with Gasteiger partial charge in [-0.05, 0) is 80.5 Å². The van der Waals surface area contributed by atoms with Gasteiger partial charge < -0.3 is 19.3 Å². The summed E-state index contributed by atoms with van der Waals surface area (Å²) in [6.07, 6.45) is -1.83. The summed E-state index contributed by atoms with van der Waals surface area (Å²) in [4.78, 5) is 39.3. The molecule has 0 saturated carbocycles. The van der Waals surface area contributed by atoms with Crippen LogP contribution in [0.5, 0.6) is 0 Å². The zero-order valence-corrected chi connectivity index (χ0v) is 21.8. The van der Waals surface area contributed by atoms with Crippen molar-refractivity contribution in [2.24, 2.45) is 0 Å². The molecule has 1 amide bonds. The second-order valence-electron chi connectivity index (χ2n) is 9.93. The van der Waals surface area contributed by atoms with Gasteiger partial charge in [0.15, 0.2) is 6.10 Å². The summed E-state index contributed by atoms with van der Waals surface area (Å²) in [5, 5.41) is 9.69. The molecule has 0 radical (unpaired) electrons. The highest BCUT2D eigenvalue weighted by molar-refractivity contribution is 5.81. The zero-order chi connectivity index (χ0) is 26.6. The summed E-state index contributed by atoms with van der Waals surface area (Å²) in [6.45, 7) is 11.8. The first kappa shape index (κ1) is 27.2. The van der Waals surface area contributed by atoms with Gasteiger partial charge >= 0.3 is 18.0 Å². The average molecular weight is 498 g/mol. The SMILES string of the molecule is CCOC(=O)[C@@H](OC(C)(C)C)c1c(C)c2c(c(C)c1CC(=O)O)CN(C(=O)OCc1ccccc1)C2. The van der Waals surface area contributed by atoms with E-state index in [1.54, 1.807) is 11.8 Å². The molecule has 36 heavy (non-hydrogen) atoms. The van der Waals surface area contributed by atoms with Crippen LogP contribution in [-0.4, -0.2) is 40.2 Å². The molecule has 194 valence electrons. The maximum Gasteiger partial charge on any atom is 0.410 e. The van der Waals surface area contributed by atoms with E-state index in [1.165, 1.54) is 0 Å². The number of esters is 1. The Morgan fingerprint density at radius 1 is 1.00 bits per heavy atom. The van der Waals surface area contributed by atoms with Crippen LogP contribution in [0.15, 0.2) is 30.3 Å². The van der Waals surface area contributed by atoms with Crippen molar-refractivity contribution >= 4 is 18.0 Å². The van der Waals surface area contributed by atoms with Gasteiger partial charge in [-0.25, -0.2) is 9.59 Å². The molecule has 0 saturated heterocycles. The Morgan fingerprint density at radius 3 is 2.17 bits per heavy atom. The van der Waals surface area contributed by atoms with E-state index < -0.39 is 29.7 Å². The third-order valence-electron chi connectivity index (χ3n) is 6.17. The van der Waals surface area contributed by atoms with E-state index in [0.717, 1.165) is 27.8 Å². The Labute approximate surface area is 212 Å². The van der Waals surface area contributed by atoms with Crippen LogP contribution in [0.25, 0.3) is 0 Å². The zero-order valence-electron chi connectivity index (χ0n) is 21.8. The summed E-state index contributed by atoms with van der Waals surface area (Å²) in [7, 11) is 0. The molecule has 0 aliphatic carbocycles. The van der Waals surface area contributed by atoms with Gasteiger partial charge in [-0.2, -0.15) is 0 Å². The number of nitrogens with zero attached hydrogens (tertiary/aromatic N) is 1. The van der Waals surface area contributed by atoms with Gasteiger partial charge in [0.2, 0.25) is 0 Å². The molecule has 1 aliphatic rings. The quantitative estimate of drug-likeness (QED) is 0.512.